The summed E-state index contributed by atoms with van der Waals surface area (Å²) in [5.41, 5.74) is 12.2. The molecular weight excluding hydrogens is 813 g/mol. The summed E-state index contributed by atoms with van der Waals surface area (Å²) in [5.74, 6) is 2.61. The molecule has 0 amide bonds. The van der Waals surface area contributed by atoms with Crippen LogP contribution in [0.15, 0.2) is 195 Å². The maximum atomic E-state index is 5.35. The third kappa shape index (κ3) is 8.03. The second kappa shape index (κ2) is 18.9. The number of rotatable bonds is 8. The van der Waals surface area contributed by atoms with Crippen LogP contribution in [0.3, 0.4) is 0 Å². The number of benzene rings is 7. The van der Waals surface area contributed by atoms with Crippen LogP contribution in [0.2, 0.25) is 0 Å². The molecule has 0 spiro atoms. The number of thiophene rings is 1. The molecule has 0 bridgehead atoms. The van der Waals surface area contributed by atoms with E-state index in [4.69, 9.17) is 24.9 Å². The lowest BCUT2D eigenvalue weighted by atomic mass is 10.0. The molecule has 0 aliphatic heterocycles. The molecule has 4 aromatic heterocycles. The summed E-state index contributed by atoms with van der Waals surface area (Å²) in [6.45, 7) is 14.1. The normalized spacial score (nSPS) is 11.3. The summed E-state index contributed by atoms with van der Waals surface area (Å²) in [6, 6.07) is 60.8. The van der Waals surface area contributed by atoms with E-state index in [1.54, 1.807) is 11.3 Å². The van der Waals surface area contributed by atoms with E-state index in [2.05, 4.69) is 132 Å². The predicted molar refractivity (Wildman–Crippen MR) is 277 cm³/mol. The Bertz CT molecular complexity index is 3420. The van der Waals surface area contributed by atoms with Gasteiger partial charge in [0, 0.05) is 54.4 Å². The average Bonchev–Trinajstić information content (AvgIpc) is 3.94. The molecule has 0 unspecified atom stereocenters. The van der Waals surface area contributed by atoms with E-state index in [-0.39, 0.29) is 0 Å². The van der Waals surface area contributed by atoms with E-state index >= 15 is 0 Å². The SMILES string of the molecule is C=C/C(=C\C)n1c2ccccc2c2cc(-c3nc(-c4ccc(-c5ccc(-c6nc(-c7ccccc7)nc(-c7ccccc7)n6)cc5)cc4)c4sc5ccccc5c4n3)ccc21.CC.CC. The highest BCUT2D eigenvalue weighted by molar-refractivity contribution is 7.26. The highest BCUT2D eigenvalue weighted by atomic mass is 32.1. The van der Waals surface area contributed by atoms with Gasteiger partial charge >= 0.3 is 0 Å². The number of hydrogen-bond donors (Lipinski definition) is 0. The lowest BCUT2D eigenvalue weighted by Crippen LogP contribution is -2.00. The minimum absolute atomic E-state index is 0.630. The van der Waals surface area contributed by atoms with Crippen molar-refractivity contribution in [3.63, 3.8) is 0 Å². The van der Waals surface area contributed by atoms with E-state index in [9.17, 15) is 0 Å². The molecule has 65 heavy (non-hydrogen) atoms. The van der Waals surface area contributed by atoms with Gasteiger partial charge in [0.15, 0.2) is 23.3 Å². The fourth-order valence-electron chi connectivity index (χ4n) is 8.21. The molecule has 0 radical (unpaired) electrons. The van der Waals surface area contributed by atoms with Gasteiger partial charge in [-0.25, -0.2) is 24.9 Å². The van der Waals surface area contributed by atoms with Gasteiger partial charge in [0.1, 0.15) is 0 Å². The molecule has 0 aliphatic rings. The standard InChI is InChI=1S/C54H36N6S.2C2H6/c1-3-41(4-2)60-45-21-13-11-19-42(45)44-33-40(31-32-46(44)60)54-55-48(50-49(56-54)43-20-12-14-22-47(43)61-50)36-27-23-34(24-28-36)35-25-29-39(30-26-35)53-58-51(37-15-7-5-8-16-37)57-52(59-53)38-17-9-6-10-18-38;2*1-2/h3-33H,1H2,2H3;2*1-2H3/b41-4+;;. The Morgan fingerprint density at radius 1 is 0.446 bits per heavy atom. The fourth-order valence-corrected chi connectivity index (χ4v) is 9.37. The van der Waals surface area contributed by atoms with Gasteiger partial charge in [-0.1, -0.05) is 186 Å². The average molecular weight is 861 g/mol. The third-order valence-corrected chi connectivity index (χ3v) is 12.4. The molecular formula is C58H48N6S. The van der Waals surface area contributed by atoms with Crippen LogP contribution in [-0.4, -0.2) is 29.5 Å². The van der Waals surface area contributed by atoms with Crippen molar-refractivity contribution >= 4 is 59.1 Å². The molecule has 11 rings (SSSR count). The Kier molecular flexibility index (Phi) is 12.3. The summed E-state index contributed by atoms with van der Waals surface area (Å²) in [4.78, 5) is 25.3. The highest BCUT2D eigenvalue weighted by Crippen LogP contribution is 2.41. The number of para-hydroxylation sites is 1. The van der Waals surface area contributed by atoms with Crippen molar-refractivity contribution in [3.05, 3.63) is 195 Å². The summed E-state index contributed by atoms with van der Waals surface area (Å²) >= 11 is 1.74. The van der Waals surface area contributed by atoms with Crippen molar-refractivity contribution in [2.45, 2.75) is 34.6 Å². The first kappa shape index (κ1) is 42.4. The van der Waals surface area contributed by atoms with Crippen molar-refractivity contribution in [3.8, 4) is 67.9 Å². The number of allylic oxidation sites excluding steroid dienone is 3. The van der Waals surface area contributed by atoms with Gasteiger partial charge < -0.3 is 4.57 Å². The first-order valence-electron chi connectivity index (χ1n) is 22.2. The van der Waals surface area contributed by atoms with Gasteiger partial charge in [-0.2, -0.15) is 0 Å². The summed E-state index contributed by atoms with van der Waals surface area (Å²) in [7, 11) is 0. The molecule has 7 heteroatoms. The Balaban J connectivity index is 0.00000130. The lowest BCUT2D eigenvalue weighted by Gasteiger charge is -2.10. The van der Waals surface area contributed by atoms with E-state index in [1.165, 1.54) is 10.1 Å². The van der Waals surface area contributed by atoms with E-state index < -0.39 is 0 Å². The fraction of sp³-hybridized carbons (Fsp3) is 0.0862. The zero-order chi connectivity index (χ0) is 44.9. The van der Waals surface area contributed by atoms with Crippen molar-refractivity contribution in [2.75, 3.05) is 0 Å². The van der Waals surface area contributed by atoms with Crippen molar-refractivity contribution in [1.29, 1.82) is 0 Å². The summed E-state index contributed by atoms with van der Waals surface area (Å²) in [6.07, 6.45) is 4.00. The van der Waals surface area contributed by atoms with E-state index in [1.807, 2.05) is 101 Å². The Morgan fingerprint density at radius 3 is 1.49 bits per heavy atom. The van der Waals surface area contributed by atoms with Gasteiger partial charge in [-0.15, -0.1) is 11.3 Å². The van der Waals surface area contributed by atoms with Gasteiger partial charge in [0.25, 0.3) is 0 Å². The molecule has 0 atom stereocenters. The van der Waals surface area contributed by atoms with Crippen molar-refractivity contribution in [1.82, 2.24) is 29.5 Å². The summed E-state index contributed by atoms with van der Waals surface area (Å²) < 4.78 is 4.54. The van der Waals surface area contributed by atoms with Crippen LogP contribution >= 0.6 is 11.3 Å². The molecule has 11 aromatic rings. The number of hydrogen-bond acceptors (Lipinski definition) is 6. The number of aromatic nitrogens is 6. The summed E-state index contributed by atoms with van der Waals surface area (Å²) in [5, 5.41) is 3.46. The minimum atomic E-state index is 0.630. The molecule has 4 heterocycles. The molecule has 0 saturated carbocycles. The molecule has 0 saturated heterocycles. The Hall–Kier alpha value is -7.87. The quantitative estimate of drug-likeness (QED) is 0.142. The molecule has 316 valence electrons. The largest absolute Gasteiger partial charge is 0.310 e. The predicted octanol–water partition coefficient (Wildman–Crippen LogP) is 16.2. The van der Waals surface area contributed by atoms with Crippen LogP contribution in [-0.2, 0) is 0 Å². The van der Waals surface area contributed by atoms with Gasteiger partial charge in [-0.3, -0.25) is 0 Å². The number of fused-ring (bicyclic) bond motifs is 6. The van der Waals surface area contributed by atoms with Crippen molar-refractivity contribution in [2.24, 2.45) is 0 Å². The van der Waals surface area contributed by atoms with Crippen molar-refractivity contribution < 1.29 is 0 Å². The second-order valence-corrected chi connectivity index (χ2v) is 15.9. The van der Waals surface area contributed by atoms with Crippen LogP contribution in [0.4, 0.5) is 0 Å². The topological polar surface area (TPSA) is 69.4 Å². The lowest BCUT2D eigenvalue weighted by molar-refractivity contribution is 1.07. The Labute approximate surface area is 384 Å². The Morgan fingerprint density at radius 2 is 0.908 bits per heavy atom. The molecule has 6 nitrogen and oxygen atoms in total. The van der Waals surface area contributed by atoms with Crippen LogP contribution < -0.4 is 0 Å². The van der Waals surface area contributed by atoms with Crippen LogP contribution in [0.5, 0.6) is 0 Å². The highest BCUT2D eigenvalue weighted by Gasteiger charge is 2.19. The van der Waals surface area contributed by atoms with Gasteiger partial charge in [0.05, 0.1) is 26.9 Å². The second-order valence-electron chi connectivity index (χ2n) is 14.9. The first-order chi connectivity index (χ1) is 32.1. The molecule has 0 fully saturated rings. The van der Waals surface area contributed by atoms with Gasteiger partial charge in [0.2, 0.25) is 0 Å². The smallest absolute Gasteiger partial charge is 0.164 e. The van der Waals surface area contributed by atoms with Gasteiger partial charge in [-0.05, 0) is 54.5 Å². The van der Waals surface area contributed by atoms with Crippen LogP contribution in [0.25, 0.3) is 116 Å². The van der Waals surface area contributed by atoms with E-state index in [0.29, 0.717) is 23.3 Å². The molecule has 7 aromatic carbocycles. The van der Waals surface area contributed by atoms with Crippen LogP contribution in [0.1, 0.15) is 34.6 Å². The zero-order valence-electron chi connectivity index (χ0n) is 37.2. The first-order valence-corrected chi connectivity index (χ1v) is 23.1. The third-order valence-electron chi connectivity index (χ3n) is 11.2. The maximum Gasteiger partial charge on any atom is 0.164 e. The monoisotopic (exact) mass is 860 g/mol. The van der Waals surface area contributed by atoms with Crippen LogP contribution in [0, 0.1) is 0 Å². The number of nitrogens with zero attached hydrogens (tertiary/aromatic N) is 6. The molecule has 0 aliphatic carbocycles. The maximum absolute atomic E-state index is 5.35. The van der Waals surface area contributed by atoms with E-state index in [0.717, 1.165) is 82.4 Å². The zero-order valence-corrected chi connectivity index (χ0v) is 38.0. The minimum Gasteiger partial charge on any atom is -0.310 e. The molecule has 0 N–H and O–H groups in total.